The van der Waals surface area contributed by atoms with Crippen LogP contribution in [0.1, 0.15) is 0 Å². The first-order valence-corrected chi connectivity index (χ1v) is 7.77. The topological polar surface area (TPSA) is 0 Å². The molecule has 0 rings (SSSR count). The fourth-order valence-corrected chi connectivity index (χ4v) is 0. The quantitative estimate of drug-likeness (QED) is 0.536. The molecular weight excluding hydrogens is 327 g/mol. The van der Waals surface area contributed by atoms with Crippen molar-refractivity contribution in [1.29, 1.82) is 0 Å². The molecule has 0 bridgehead atoms. The summed E-state index contributed by atoms with van der Waals surface area (Å²) in [6.45, 7) is 0. The van der Waals surface area contributed by atoms with Crippen molar-refractivity contribution in [1.82, 2.24) is 0 Å². The molecule has 0 nitrogen and oxygen atoms in total. The fraction of sp³-hybridized carbons (Fsp3) is 1.00. The van der Waals surface area contributed by atoms with Crippen molar-refractivity contribution in [3.8, 4) is 0 Å². The maximum absolute atomic E-state index is 4.22. The van der Waals surface area contributed by atoms with Crippen LogP contribution in [0.5, 0.6) is 0 Å². The van der Waals surface area contributed by atoms with Gasteiger partial charge in [0.15, 0.2) is 0 Å². The third kappa shape index (κ3) is 17.0. The normalized spacial score (nSPS) is 5.67. The van der Waals surface area contributed by atoms with Crippen LogP contribution in [0.3, 0.4) is 0 Å². The molecule has 6 heavy (non-hydrogen) atoms. The van der Waals surface area contributed by atoms with Gasteiger partial charge in [-0.25, -0.2) is 0 Å². The predicted molar refractivity (Wildman–Crippen MR) is 41.1 cm³/mol. The number of thiol groups is 2. The summed E-state index contributed by atoms with van der Waals surface area (Å²) in [4.78, 5) is 0. The van der Waals surface area contributed by atoms with Crippen molar-refractivity contribution in [3.05, 3.63) is 0 Å². The average molecular weight is 333 g/mol. The summed E-state index contributed by atoms with van der Waals surface area (Å²) >= 11 is 8.58. The van der Waals surface area contributed by atoms with E-state index in [1.54, 1.807) is 0 Å². The van der Waals surface area contributed by atoms with Crippen molar-refractivity contribution in [2.75, 3.05) is 11.5 Å². The van der Waals surface area contributed by atoms with E-state index in [0.29, 0.717) is 0 Å². The minimum atomic E-state index is 0.878. The standard InChI is InChI=1S/C2H6S2.Pb.S/c3-1-2-4;;/h3-4H,1-2H2;;. The summed E-state index contributed by atoms with van der Waals surface area (Å²) in [6, 6.07) is 0. The molecule has 2 radical (unpaired) electrons. The van der Waals surface area contributed by atoms with Gasteiger partial charge in [-0.15, -0.1) is 0 Å². The molecule has 0 amide bonds. The second kappa shape index (κ2) is 15.8. The van der Waals surface area contributed by atoms with Gasteiger partial charge in [0.25, 0.3) is 0 Å². The molecule has 0 atom stereocenters. The summed E-state index contributed by atoms with van der Waals surface area (Å²) in [5.41, 5.74) is 0. The zero-order valence-electron chi connectivity index (χ0n) is 3.22. The maximum atomic E-state index is 4.22. The van der Waals surface area contributed by atoms with Crippen LogP contribution < -0.4 is 0 Å². The fourth-order valence-electron chi connectivity index (χ4n) is 0. The van der Waals surface area contributed by atoms with Crippen LogP contribution in [-0.2, 0) is 0 Å². The number of hydrogen-bond donors (Lipinski definition) is 2. The van der Waals surface area contributed by atoms with Crippen molar-refractivity contribution in [2.45, 2.75) is 0 Å². The Morgan fingerprint density at radius 2 is 1.33 bits per heavy atom. The van der Waals surface area contributed by atoms with Crippen LogP contribution in [0.4, 0.5) is 0 Å². The second-order valence-corrected chi connectivity index (χ2v) is 1.34. The zero-order valence-corrected chi connectivity index (χ0v) is 9.71. The molecule has 0 saturated carbocycles. The molecule has 0 heterocycles. The van der Waals surface area contributed by atoms with Gasteiger partial charge in [-0.2, -0.15) is 25.3 Å². The number of hydrogen-bond acceptors (Lipinski definition) is 3. The van der Waals surface area contributed by atoms with Crippen LogP contribution in [0.15, 0.2) is 0 Å². The Balaban J connectivity index is 0. The molecule has 0 aromatic rings. The Kier molecular flexibility index (Phi) is 28.4. The van der Waals surface area contributed by atoms with Crippen molar-refractivity contribution in [2.24, 2.45) is 0 Å². The van der Waals surface area contributed by atoms with Gasteiger partial charge < -0.3 is 0 Å². The van der Waals surface area contributed by atoms with E-state index in [0.717, 1.165) is 35.2 Å². The molecule has 0 aliphatic rings. The van der Waals surface area contributed by atoms with E-state index < -0.39 is 0 Å². The van der Waals surface area contributed by atoms with E-state index in [4.69, 9.17) is 0 Å². The summed E-state index contributed by atoms with van der Waals surface area (Å²) in [5, 5.41) is 0. The van der Waals surface area contributed by atoms with E-state index in [1.807, 2.05) is 0 Å². The Morgan fingerprint density at radius 3 is 1.33 bits per heavy atom. The molecular formula is C2H6PbS3. The van der Waals surface area contributed by atoms with Gasteiger partial charge >= 0.3 is 32.3 Å². The average Bonchev–Trinajstić information content (AvgIpc) is 1.72. The van der Waals surface area contributed by atoms with E-state index in [9.17, 15) is 0 Å². The zero-order chi connectivity index (χ0) is 5.41. The Morgan fingerprint density at radius 1 is 1.17 bits per heavy atom. The van der Waals surface area contributed by atoms with Gasteiger partial charge in [-0.05, 0) is 11.5 Å². The molecule has 0 fully saturated rings. The number of rotatable bonds is 1. The van der Waals surface area contributed by atoms with E-state index >= 15 is 0 Å². The van der Waals surface area contributed by atoms with Crippen LogP contribution in [0.25, 0.3) is 0 Å². The van der Waals surface area contributed by atoms with Crippen molar-refractivity contribution in [3.63, 3.8) is 0 Å². The summed E-state index contributed by atoms with van der Waals surface area (Å²) in [6.07, 6.45) is 0. The van der Waals surface area contributed by atoms with Gasteiger partial charge in [0.2, 0.25) is 0 Å². The Hall–Kier alpha value is 1.84. The van der Waals surface area contributed by atoms with E-state index in [2.05, 4.69) is 33.9 Å². The minimum absolute atomic E-state index is 0.878. The molecule has 4 heteroatoms. The summed E-state index contributed by atoms with van der Waals surface area (Å²) in [7, 11) is 4.22. The van der Waals surface area contributed by atoms with Gasteiger partial charge in [-0.3, -0.25) is 0 Å². The monoisotopic (exact) mass is 334 g/mol. The van der Waals surface area contributed by atoms with Crippen molar-refractivity contribution < 1.29 is 0 Å². The molecule has 36 valence electrons. The molecule has 0 unspecified atom stereocenters. The van der Waals surface area contributed by atoms with Gasteiger partial charge in [0.1, 0.15) is 0 Å². The molecule has 0 spiro atoms. The summed E-state index contributed by atoms with van der Waals surface area (Å²) < 4.78 is 0. The van der Waals surface area contributed by atoms with Gasteiger partial charge in [-0.1, -0.05) is 0 Å². The third-order valence-electron chi connectivity index (χ3n) is 0.1000. The predicted octanol–water partition coefficient (Wildman–Crippen LogP) is 1.11. The Labute approximate surface area is 68.4 Å². The summed E-state index contributed by atoms with van der Waals surface area (Å²) in [5.74, 6) is 1.76. The van der Waals surface area contributed by atoms with Crippen LogP contribution in [-0.4, -0.2) is 35.2 Å². The molecule has 0 N–H and O–H groups in total. The molecule has 0 aliphatic heterocycles. The second-order valence-electron chi connectivity index (χ2n) is 0.447. The van der Waals surface area contributed by atoms with Crippen LogP contribution >= 0.6 is 33.9 Å². The van der Waals surface area contributed by atoms with Crippen molar-refractivity contribution >= 4 is 57.6 Å². The molecule has 0 aromatic carbocycles. The first kappa shape index (κ1) is 10.8. The third-order valence-corrected chi connectivity index (χ3v) is 0.900. The van der Waals surface area contributed by atoms with Gasteiger partial charge in [0, 0.05) is 0 Å². The first-order chi connectivity index (χ1) is 2.91. The SMILES string of the molecule is SCCS.[S]=[Pb]. The molecule has 0 saturated heterocycles. The molecule has 0 aliphatic carbocycles. The van der Waals surface area contributed by atoms with Crippen LogP contribution in [0.2, 0.25) is 0 Å². The Bertz CT molecular complexity index is 16.3. The molecule has 0 aromatic heterocycles. The van der Waals surface area contributed by atoms with E-state index in [-0.39, 0.29) is 0 Å². The van der Waals surface area contributed by atoms with Gasteiger partial charge in [0.05, 0.1) is 0 Å². The first-order valence-electron chi connectivity index (χ1n) is 1.34. The van der Waals surface area contributed by atoms with Crippen LogP contribution in [0, 0.1) is 0 Å². The van der Waals surface area contributed by atoms with E-state index in [1.165, 1.54) is 0 Å².